The van der Waals surface area contributed by atoms with Crippen LogP contribution in [0.15, 0.2) is 54.9 Å². The molecule has 14 heteroatoms. The molecule has 1 N–H and O–H groups in total. The first-order valence-corrected chi connectivity index (χ1v) is 13.5. The highest BCUT2D eigenvalue weighted by molar-refractivity contribution is 6.13. The van der Waals surface area contributed by atoms with E-state index in [0.29, 0.717) is 21.6 Å². The fourth-order valence-corrected chi connectivity index (χ4v) is 5.66. The molecule has 1 aliphatic heterocycles. The van der Waals surface area contributed by atoms with E-state index >= 15 is 0 Å². The van der Waals surface area contributed by atoms with Gasteiger partial charge in [0, 0.05) is 36.7 Å². The van der Waals surface area contributed by atoms with Gasteiger partial charge in [-0.15, -0.1) is 0 Å². The van der Waals surface area contributed by atoms with Gasteiger partial charge in [0.15, 0.2) is 11.6 Å². The van der Waals surface area contributed by atoms with Crippen LogP contribution in [0.5, 0.6) is 0 Å². The summed E-state index contributed by atoms with van der Waals surface area (Å²) in [4.78, 5) is 65.5. The van der Waals surface area contributed by atoms with Crippen molar-refractivity contribution in [2.24, 2.45) is 0 Å². The van der Waals surface area contributed by atoms with Gasteiger partial charge in [0.1, 0.15) is 24.9 Å². The van der Waals surface area contributed by atoms with E-state index in [-0.39, 0.29) is 29.9 Å². The Morgan fingerprint density at radius 2 is 1.75 bits per heavy atom. The number of nitrogens with zero attached hydrogens (tertiary/aromatic N) is 4. The highest BCUT2D eigenvalue weighted by atomic mass is 19.4. The Kier molecular flexibility index (Phi) is 7.87. The number of hydrogen-bond donors (Lipinski definition) is 1. The molecule has 2 heterocycles. The molecule has 44 heavy (non-hydrogen) atoms. The maximum absolute atomic E-state index is 13.7. The van der Waals surface area contributed by atoms with Gasteiger partial charge in [-0.2, -0.15) is 18.3 Å². The molecule has 3 aromatic rings. The van der Waals surface area contributed by atoms with Crippen LogP contribution >= 0.6 is 0 Å². The Labute approximate surface area is 247 Å². The second-order valence-electron chi connectivity index (χ2n) is 11.0. The van der Waals surface area contributed by atoms with Gasteiger partial charge in [0.05, 0.1) is 18.2 Å². The number of piperidine rings is 1. The maximum atomic E-state index is 13.7. The molecule has 1 spiro atoms. The Balaban J connectivity index is 1.35. The maximum Gasteiger partial charge on any atom is 0.408 e. The Morgan fingerprint density at radius 1 is 1.05 bits per heavy atom. The third-order valence-corrected chi connectivity index (χ3v) is 8.09. The number of carboxylic acid groups (broad SMARTS) is 1. The summed E-state index contributed by atoms with van der Waals surface area (Å²) in [6.45, 7) is -1.43. The highest BCUT2D eigenvalue weighted by Gasteiger charge is 2.54. The van der Waals surface area contributed by atoms with Gasteiger partial charge >= 0.3 is 12.1 Å². The first-order chi connectivity index (χ1) is 20.7. The van der Waals surface area contributed by atoms with E-state index in [0.717, 1.165) is 24.0 Å². The Bertz CT molecular complexity index is 1670. The van der Waals surface area contributed by atoms with Crippen LogP contribution in [0.2, 0.25) is 0 Å². The third kappa shape index (κ3) is 5.83. The topological polar surface area (TPSA) is 130 Å². The van der Waals surface area contributed by atoms with E-state index in [4.69, 9.17) is 5.11 Å². The number of ketones is 2. The number of Topliss-reactive ketones (excluding diaryl/α,β-unsaturated/α-hetero) is 2. The van der Waals surface area contributed by atoms with Crippen molar-refractivity contribution in [3.63, 3.8) is 0 Å². The van der Waals surface area contributed by atoms with Crippen molar-refractivity contribution >= 4 is 29.4 Å². The number of alkyl halides is 3. The summed E-state index contributed by atoms with van der Waals surface area (Å²) in [6, 6.07) is 7.12. The Morgan fingerprint density at radius 3 is 2.41 bits per heavy atom. The number of hydrogen-bond acceptors (Lipinski definition) is 6. The van der Waals surface area contributed by atoms with Crippen LogP contribution in [0, 0.1) is 5.82 Å². The number of carboxylic acids is 1. The zero-order valence-electron chi connectivity index (χ0n) is 23.3. The van der Waals surface area contributed by atoms with E-state index in [1.807, 2.05) is 0 Å². The molecule has 230 valence electrons. The van der Waals surface area contributed by atoms with E-state index in [1.165, 1.54) is 29.2 Å². The molecule has 2 amide bonds. The summed E-state index contributed by atoms with van der Waals surface area (Å²) in [5.41, 5.74) is 0.429. The molecule has 0 bridgehead atoms. The van der Waals surface area contributed by atoms with Crippen molar-refractivity contribution in [1.82, 2.24) is 19.6 Å². The number of carbonyl (C=O) groups excluding carboxylic acids is 4. The van der Waals surface area contributed by atoms with E-state index in [1.54, 1.807) is 18.2 Å². The number of rotatable bonds is 8. The zero-order valence-corrected chi connectivity index (χ0v) is 23.3. The van der Waals surface area contributed by atoms with Crippen LogP contribution in [-0.4, -0.2) is 79.3 Å². The molecule has 0 radical (unpaired) electrons. The van der Waals surface area contributed by atoms with Crippen molar-refractivity contribution in [2.45, 2.75) is 50.5 Å². The van der Waals surface area contributed by atoms with Crippen LogP contribution in [-0.2, 0) is 37.7 Å². The lowest BCUT2D eigenvalue weighted by atomic mass is 9.72. The predicted octanol–water partition coefficient (Wildman–Crippen LogP) is 3.38. The molecule has 1 aromatic heterocycles. The number of aromatic nitrogens is 2. The highest BCUT2D eigenvalue weighted by Crippen LogP contribution is 2.46. The minimum absolute atomic E-state index is 0.226. The number of carbonyl (C=O) groups is 5. The number of amides is 2. The van der Waals surface area contributed by atoms with Crippen molar-refractivity contribution < 1.29 is 46.6 Å². The van der Waals surface area contributed by atoms with Gasteiger partial charge in [-0.05, 0) is 41.8 Å². The number of aliphatic carboxylic acids is 1. The summed E-state index contributed by atoms with van der Waals surface area (Å²) in [5.74, 6) is -4.30. The normalized spacial score (nSPS) is 18.9. The molecule has 5 rings (SSSR count). The average molecular weight is 615 g/mol. The number of halogens is 4. The van der Waals surface area contributed by atoms with Crippen molar-refractivity contribution in [1.29, 1.82) is 0 Å². The smallest absolute Gasteiger partial charge is 0.408 e. The predicted molar refractivity (Wildman–Crippen MR) is 145 cm³/mol. The molecule has 2 aliphatic rings. The number of likely N-dealkylation sites (tertiary alicyclic amines) is 1. The molecule has 0 saturated carbocycles. The minimum atomic E-state index is -4.79. The fourth-order valence-electron chi connectivity index (χ4n) is 5.66. The van der Waals surface area contributed by atoms with E-state index in [9.17, 15) is 41.5 Å². The second kappa shape index (κ2) is 11.3. The first-order valence-electron chi connectivity index (χ1n) is 13.5. The van der Waals surface area contributed by atoms with Gasteiger partial charge in [0.25, 0.3) is 0 Å². The lowest BCUT2D eigenvalue weighted by Crippen LogP contribution is -2.56. The summed E-state index contributed by atoms with van der Waals surface area (Å²) in [6.07, 6.45) is -2.58. The molecule has 2 atom stereocenters. The van der Waals surface area contributed by atoms with Gasteiger partial charge in [-0.3, -0.25) is 28.7 Å². The van der Waals surface area contributed by atoms with Crippen LogP contribution in [0.3, 0.4) is 0 Å². The molecule has 1 aliphatic carbocycles. The number of fused-ring (bicyclic) bond motifs is 2. The standard InChI is InChI=1S/C30H26F4N4O6/c1-17(30(32,33)34)38(12-18-2-5-21(31)6-3-18)27(42)15-36-14-25(40)29(10-26(36)41)9-24(39)22-8-19(4-7-23(22)29)20-11-35-37(13-20)16-28(43)44/h2-8,11,13,17H,9-10,12,14-16H2,1H3,(H,43,44)/t17-,29?/m0/s1. The van der Waals surface area contributed by atoms with Crippen molar-refractivity contribution in [2.75, 3.05) is 13.1 Å². The Hall–Kier alpha value is -4.88. The van der Waals surface area contributed by atoms with Crippen LogP contribution < -0.4 is 0 Å². The molecule has 1 saturated heterocycles. The first kappa shape index (κ1) is 30.6. The van der Waals surface area contributed by atoms with Crippen LogP contribution in [0.25, 0.3) is 11.1 Å². The summed E-state index contributed by atoms with van der Waals surface area (Å²) >= 11 is 0. The van der Waals surface area contributed by atoms with Gasteiger partial charge in [-0.25, -0.2) is 4.39 Å². The van der Waals surface area contributed by atoms with Gasteiger partial charge < -0.3 is 14.9 Å². The van der Waals surface area contributed by atoms with Gasteiger partial charge in [-0.1, -0.05) is 24.3 Å². The van der Waals surface area contributed by atoms with Crippen LogP contribution in [0.1, 0.15) is 41.3 Å². The zero-order chi connectivity index (χ0) is 32.0. The summed E-state index contributed by atoms with van der Waals surface area (Å²) in [7, 11) is 0. The van der Waals surface area contributed by atoms with E-state index in [2.05, 4.69) is 5.10 Å². The van der Waals surface area contributed by atoms with Crippen molar-refractivity contribution in [3.8, 4) is 11.1 Å². The minimum Gasteiger partial charge on any atom is -0.480 e. The SMILES string of the molecule is C[C@H](N(Cc1ccc(F)cc1)C(=O)CN1CC(=O)C2(CC(=O)c3cc(-c4cnn(CC(=O)O)c4)ccc32)CC1=O)C(F)(F)F. The average Bonchev–Trinajstić information content (AvgIpc) is 3.52. The van der Waals surface area contributed by atoms with E-state index < -0.39 is 73.1 Å². The molecular weight excluding hydrogens is 588 g/mol. The molecule has 1 fully saturated rings. The third-order valence-electron chi connectivity index (χ3n) is 8.09. The summed E-state index contributed by atoms with van der Waals surface area (Å²) < 4.78 is 55.5. The molecule has 1 unspecified atom stereocenters. The molecule has 2 aromatic carbocycles. The van der Waals surface area contributed by atoms with Crippen molar-refractivity contribution in [3.05, 3.63) is 77.4 Å². The second-order valence-corrected chi connectivity index (χ2v) is 11.0. The monoisotopic (exact) mass is 614 g/mol. The fraction of sp³-hybridized carbons (Fsp3) is 0.333. The summed E-state index contributed by atoms with van der Waals surface area (Å²) in [5, 5.41) is 13.0. The molecular formula is C30H26F4N4O6. The number of benzene rings is 2. The lowest BCUT2D eigenvalue weighted by molar-refractivity contribution is -0.188. The largest absolute Gasteiger partial charge is 0.480 e. The molecule has 10 nitrogen and oxygen atoms in total. The van der Waals surface area contributed by atoms with Crippen LogP contribution in [0.4, 0.5) is 17.6 Å². The lowest BCUT2D eigenvalue weighted by Gasteiger charge is -2.39. The van der Waals surface area contributed by atoms with Gasteiger partial charge in [0.2, 0.25) is 11.8 Å². The quantitative estimate of drug-likeness (QED) is 0.385.